The number of sulfone groups is 1. The van der Waals surface area contributed by atoms with Crippen LogP contribution in [0.5, 0.6) is 6.01 Å². The van der Waals surface area contributed by atoms with Crippen LogP contribution in [0.15, 0.2) is 29.2 Å². The summed E-state index contributed by atoms with van der Waals surface area (Å²) in [6, 6.07) is 8.06. The largest absolute Gasteiger partial charge is 0.463 e. The first-order valence-electron chi connectivity index (χ1n) is 11.2. The number of aromatic nitrogens is 3. The SMILES string of the molecule is CCc1cc(CC)nc(OCCCn2c3c(c4cc(S(C)(=O)=O)ccc42)CCCC3)n1. The van der Waals surface area contributed by atoms with E-state index in [9.17, 15) is 8.42 Å². The number of fused-ring (bicyclic) bond motifs is 3. The molecule has 1 aromatic carbocycles. The van der Waals surface area contributed by atoms with E-state index in [2.05, 4.69) is 28.4 Å². The van der Waals surface area contributed by atoms with Crippen molar-refractivity contribution < 1.29 is 13.2 Å². The molecule has 0 radical (unpaired) electrons. The van der Waals surface area contributed by atoms with Crippen molar-refractivity contribution in [2.75, 3.05) is 12.9 Å². The van der Waals surface area contributed by atoms with Crippen LogP contribution >= 0.6 is 0 Å². The van der Waals surface area contributed by atoms with Crippen molar-refractivity contribution in [3.63, 3.8) is 0 Å². The molecule has 0 bridgehead atoms. The highest BCUT2D eigenvalue weighted by atomic mass is 32.2. The van der Waals surface area contributed by atoms with Gasteiger partial charge in [0.15, 0.2) is 9.84 Å². The molecule has 0 saturated carbocycles. The molecule has 0 atom stereocenters. The van der Waals surface area contributed by atoms with Crippen LogP contribution in [0, 0.1) is 0 Å². The summed E-state index contributed by atoms with van der Waals surface area (Å²) < 4.78 is 32.4. The third kappa shape index (κ3) is 4.61. The van der Waals surface area contributed by atoms with Gasteiger partial charge in [0, 0.05) is 40.8 Å². The highest BCUT2D eigenvalue weighted by molar-refractivity contribution is 7.90. The Bertz CT molecular complexity index is 1180. The Labute approximate surface area is 184 Å². The zero-order chi connectivity index (χ0) is 22.0. The molecule has 4 rings (SSSR count). The average molecular weight is 442 g/mol. The summed E-state index contributed by atoms with van der Waals surface area (Å²) in [5.74, 6) is 0. The minimum Gasteiger partial charge on any atom is -0.463 e. The second-order valence-corrected chi connectivity index (χ2v) is 10.3. The van der Waals surface area contributed by atoms with Crippen LogP contribution in [0.25, 0.3) is 10.9 Å². The molecule has 2 aromatic heterocycles. The summed E-state index contributed by atoms with van der Waals surface area (Å²) in [4.78, 5) is 9.38. The van der Waals surface area contributed by atoms with Gasteiger partial charge < -0.3 is 9.30 Å². The lowest BCUT2D eigenvalue weighted by Gasteiger charge is -2.16. The molecule has 2 heterocycles. The predicted molar refractivity (Wildman–Crippen MR) is 123 cm³/mol. The fraction of sp³-hybridized carbons (Fsp3) is 0.500. The molecule has 3 aromatic rings. The Kier molecular flexibility index (Phi) is 6.32. The lowest BCUT2D eigenvalue weighted by atomic mass is 9.95. The van der Waals surface area contributed by atoms with Crippen molar-refractivity contribution in [3.05, 3.63) is 46.9 Å². The molecule has 0 N–H and O–H groups in total. The first kappa shape index (κ1) is 21.8. The number of hydrogen-bond acceptors (Lipinski definition) is 5. The fourth-order valence-electron chi connectivity index (χ4n) is 4.44. The second kappa shape index (κ2) is 8.99. The highest BCUT2D eigenvalue weighted by Gasteiger charge is 2.21. The second-order valence-electron chi connectivity index (χ2n) is 8.28. The van der Waals surface area contributed by atoms with E-state index in [1.54, 1.807) is 6.07 Å². The Morgan fingerprint density at radius 1 is 1.03 bits per heavy atom. The molecule has 0 amide bonds. The zero-order valence-corrected chi connectivity index (χ0v) is 19.5. The van der Waals surface area contributed by atoms with Crippen LogP contribution in [-0.4, -0.2) is 35.8 Å². The molecule has 0 unspecified atom stereocenters. The molecular formula is C24H31N3O3S. The number of nitrogens with zero attached hydrogens (tertiary/aromatic N) is 3. The Morgan fingerprint density at radius 3 is 2.42 bits per heavy atom. The number of hydrogen-bond donors (Lipinski definition) is 0. The Hall–Kier alpha value is -2.41. The topological polar surface area (TPSA) is 74.1 Å². The first-order chi connectivity index (χ1) is 14.9. The average Bonchev–Trinajstić information content (AvgIpc) is 3.09. The van der Waals surface area contributed by atoms with Crippen LogP contribution in [0.4, 0.5) is 0 Å². The Balaban J connectivity index is 1.54. The van der Waals surface area contributed by atoms with Gasteiger partial charge >= 0.3 is 6.01 Å². The normalized spacial score (nSPS) is 14.0. The van der Waals surface area contributed by atoms with Gasteiger partial charge in [0.05, 0.1) is 11.5 Å². The van der Waals surface area contributed by atoms with Crippen LogP contribution in [0.1, 0.15) is 55.8 Å². The van der Waals surface area contributed by atoms with E-state index < -0.39 is 9.84 Å². The maximum Gasteiger partial charge on any atom is 0.316 e. The molecule has 0 saturated heterocycles. The monoisotopic (exact) mass is 441 g/mol. The molecule has 1 aliphatic rings. The van der Waals surface area contributed by atoms with Crippen molar-refractivity contribution in [1.82, 2.24) is 14.5 Å². The number of ether oxygens (including phenoxy) is 1. The van der Waals surface area contributed by atoms with Crippen LogP contribution < -0.4 is 4.74 Å². The van der Waals surface area contributed by atoms with Crippen molar-refractivity contribution in [2.24, 2.45) is 0 Å². The van der Waals surface area contributed by atoms with E-state index in [0.717, 1.165) is 67.4 Å². The molecule has 166 valence electrons. The number of aryl methyl sites for hydroxylation is 4. The molecule has 0 spiro atoms. The van der Waals surface area contributed by atoms with Gasteiger partial charge in [0.25, 0.3) is 0 Å². The van der Waals surface area contributed by atoms with Gasteiger partial charge in [-0.15, -0.1) is 0 Å². The fourth-order valence-corrected chi connectivity index (χ4v) is 5.09. The molecule has 1 aliphatic carbocycles. The van der Waals surface area contributed by atoms with Crippen molar-refractivity contribution in [3.8, 4) is 6.01 Å². The lowest BCUT2D eigenvalue weighted by molar-refractivity contribution is 0.277. The van der Waals surface area contributed by atoms with Gasteiger partial charge in [-0.2, -0.15) is 0 Å². The molecule has 0 aliphatic heterocycles. The van der Waals surface area contributed by atoms with E-state index in [1.165, 1.54) is 23.9 Å². The smallest absolute Gasteiger partial charge is 0.316 e. The minimum atomic E-state index is -3.22. The van der Waals surface area contributed by atoms with Crippen LogP contribution in [0.3, 0.4) is 0 Å². The zero-order valence-electron chi connectivity index (χ0n) is 18.6. The van der Waals surface area contributed by atoms with Crippen molar-refractivity contribution in [1.29, 1.82) is 0 Å². The maximum absolute atomic E-state index is 12.1. The summed E-state index contributed by atoms with van der Waals surface area (Å²) in [6.45, 7) is 5.55. The molecule has 7 heteroatoms. The van der Waals surface area contributed by atoms with Gasteiger partial charge in [-0.05, 0) is 74.8 Å². The lowest BCUT2D eigenvalue weighted by Crippen LogP contribution is -2.11. The molecular weight excluding hydrogens is 410 g/mol. The number of benzene rings is 1. The van der Waals surface area contributed by atoms with Crippen LogP contribution in [0.2, 0.25) is 0 Å². The first-order valence-corrected chi connectivity index (χ1v) is 13.1. The Morgan fingerprint density at radius 2 is 1.74 bits per heavy atom. The van der Waals surface area contributed by atoms with Gasteiger partial charge in [-0.1, -0.05) is 13.8 Å². The van der Waals surface area contributed by atoms with Crippen molar-refractivity contribution in [2.45, 2.75) is 70.2 Å². The van der Waals surface area contributed by atoms with E-state index in [0.29, 0.717) is 17.5 Å². The van der Waals surface area contributed by atoms with Crippen LogP contribution in [-0.2, 0) is 42.1 Å². The third-order valence-corrected chi connectivity index (χ3v) is 7.18. The van der Waals surface area contributed by atoms with E-state index in [1.807, 2.05) is 18.2 Å². The summed E-state index contributed by atoms with van der Waals surface area (Å²) >= 11 is 0. The third-order valence-electron chi connectivity index (χ3n) is 6.07. The van der Waals surface area contributed by atoms with Gasteiger partial charge in [0.1, 0.15) is 0 Å². The minimum absolute atomic E-state index is 0.397. The molecule has 0 fully saturated rings. The van der Waals surface area contributed by atoms with Gasteiger partial charge in [-0.25, -0.2) is 18.4 Å². The summed E-state index contributed by atoms with van der Waals surface area (Å²) in [7, 11) is -3.22. The van der Waals surface area contributed by atoms with Crippen molar-refractivity contribution >= 4 is 20.7 Å². The quantitative estimate of drug-likeness (QED) is 0.487. The predicted octanol–water partition coefficient (Wildman–Crippen LogP) is 4.31. The van der Waals surface area contributed by atoms with E-state index >= 15 is 0 Å². The molecule has 6 nitrogen and oxygen atoms in total. The molecule has 31 heavy (non-hydrogen) atoms. The summed E-state index contributed by atoms with van der Waals surface area (Å²) in [5.41, 5.74) is 5.81. The summed E-state index contributed by atoms with van der Waals surface area (Å²) in [6.07, 6.45) is 8.23. The maximum atomic E-state index is 12.1. The highest BCUT2D eigenvalue weighted by Crippen LogP contribution is 2.33. The summed E-state index contributed by atoms with van der Waals surface area (Å²) in [5, 5.41) is 1.09. The van der Waals surface area contributed by atoms with Gasteiger partial charge in [-0.3, -0.25) is 0 Å². The number of rotatable bonds is 8. The van der Waals surface area contributed by atoms with E-state index in [-0.39, 0.29) is 0 Å². The van der Waals surface area contributed by atoms with Gasteiger partial charge in [0.2, 0.25) is 0 Å². The standard InChI is InChI=1S/C24H31N3O3S/c1-4-17-15-18(5-2)26-24(25-17)30-14-8-13-27-22-10-7-6-9-20(22)21-16-19(31(3,28)29)11-12-23(21)27/h11-12,15-16H,4-10,13-14H2,1-3H3. The van der Waals surface area contributed by atoms with E-state index in [4.69, 9.17) is 4.74 Å².